The molecule has 82 valence electrons. The van der Waals surface area contributed by atoms with Crippen molar-refractivity contribution >= 4 is 24.1 Å². The van der Waals surface area contributed by atoms with Crippen molar-refractivity contribution in [2.75, 3.05) is 0 Å². The highest BCUT2D eigenvalue weighted by molar-refractivity contribution is 6.13. The lowest BCUT2D eigenvalue weighted by molar-refractivity contribution is -0.104. The minimum absolute atomic E-state index is 0.00976. The highest BCUT2D eigenvalue weighted by atomic mass is 16.4. The van der Waals surface area contributed by atoms with Crippen LogP contribution in [-0.2, 0) is 4.79 Å². The maximum absolute atomic E-state index is 10.9. The maximum Gasteiger partial charge on any atom is 0.412 e. The van der Waals surface area contributed by atoms with Gasteiger partial charge >= 0.3 is 12.1 Å². The molecule has 0 radical (unpaired) electrons. The van der Waals surface area contributed by atoms with Gasteiger partial charge in [-0.25, -0.2) is 14.9 Å². The molecule has 0 rings (SSSR count). The molecule has 0 aliphatic carbocycles. The predicted octanol–water partition coefficient (Wildman–Crippen LogP) is 0.476. The molecule has 0 fully saturated rings. The van der Waals surface area contributed by atoms with Crippen LogP contribution in [0.4, 0.5) is 9.59 Å². The number of allylic oxidation sites excluding steroid dienone is 2. The van der Waals surface area contributed by atoms with Crippen molar-refractivity contribution in [1.82, 2.24) is 10.6 Å². The van der Waals surface area contributed by atoms with Crippen LogP contribution < -0.4 is 10.6 Å². The SMILES string of the molecule is CC(=N)C(C=O)=C(C)NC(=O)NC(=O)O. The smallest absolute Gasteiger partial charge is 0.412 e. The molecule has 0 unspecified atom stereocenters. The standard InChI is InChI=1S/C8H11N3O4/c1-4(9)6(3-12)5(2)10-7(13)11-8(14)15/h3,9H,1-2H3,(H,14,15)(H2,10,11,13). The summed E-state index contributed by atoms with van der Waals surface area (Å²) in [5, 5.41) is 19.1. The Morgan fingerprint density at radius 1 is 1.27 bits per heavy atom. The molecule has 7 heteroatoms. The second-order valence-corrected chi connectivity index (χ2v) is 2.67. The number of carboxylic acid groups (broad SMARTS) is 1. The maximum atomic E-state index is 10.9. The van der Waals surface area contributed by atoms with E-state index in [-0.39, 0.29) is 17.0 Å². The Labute approximate surface area is 85.7 Å². The molecule has 0 saturated heterocycles. The number of hydrogen-bond acceptors (Lipinski definition) is 4. The van der Waals surface area contributed by atoms with Crippen LogP contribution in [0.3, 0.4) is 0 Å². The summed E-state index contributed by atoms with van der Waals surface area (Å²) in [6, 6.07) is -0.972. The third-order valence-corrected chi connectivity index (χ3v) is 1.45. The van der Waals surface area contributed by atoms with Crippen LogP contribution in [0, 0.1) is 5.41 Å². The van der Waals surface area contributed by atoms with Crippen molar-refractivity contribution < 1.29 is 19.5 Å². The van der Waals surface area contributed by atoms with E-state index in [9.17, 15) is 14.4 Å². The van der Waals surface area contributed by atoms with Crippen molar-refractivity contribution in [3.63, 3.8) is 0 Å². The van der Waals surface area contributed by atoms with E-state index in [0.717, 1.165) is 0 Å². The van der Waals surface area contributed by atoms with E-state index >= 15 is 0 Å². The summed E-state index contributed by atoms with van der Waals surface area (Å²) in [6.07, 6.45) is -1.09. The van der Waals surface area contributed by atoms with Crippen LogP contribution in [0.1, 0.15) is 13.8 Å². The number of rotatable bonds is 3. The van der Waals surface area contributed by atoms with Gasteiger partial charge in [0.2, 0.25) is 0 Å². The lowest BCUT2D eigenvalue weighted by atomic mass is 10.1. The molecule has 0 spiro atoms. The first-order valence-electron chi connectivity index (χ1n) is 3.91. The third kappa shape index (κ3) is 4.55. The molecule has 15 heavy (non-hydrogen) atoms. The molecule has 0 atom stereocenters. The van der Waals surface area contributed by atoms with Crippen molar-refractivity contribution in [1.29, 1.82) is 5.41 Å². The zero-order valence-corrected chi connectivity index (χ0v) is 8.25. The average molecular weight is 213 g/mol. The summed E-state index contributed by atoms with van der Waals surface area (Å²) in [5.74, 6) is 0. The largest absolute Gasteiger partial charge is 0.465 e. The van der Waals surface area contributed by atoms with Crippen molar-refractivity contribution in [3.8, 4) is 0 Å². The molecule has 0 aromatic rings. The minimum atomic E-state index is -1.50. The van der Waals surface area contributed by atoms with Gasteiger partial charge < -0.3 is 15.8 Å². The number of carbonyl (C=O) groups excluding carboxylic acids is 2. The van der Waals surface area contributed by atoms with Gasteiger partial charge in [0.25, 0.3) is 0 Å². The summed E-state index contributed by atoms with van der Waals surface area (Å²) in [5.41, 5.74) is 0.116. The van der Waals surface area contributed by atoms with Gasteiger partial charge in [-0.15, -0.1) is 0 Å². The highest BCUT2D eigenvalue weighted by Crippen LogP contribution is 1.99. The van der Waals surface area contributed by atoms with Crippen molar-refractivity contribution in [3.05, 3.63) is 11.3 Å². The Morgan fingerprint density at radius 3 is 2.13 bits per heavy atom. The molecular weight excluding hydrogens is 202 g/mol. The molecule has 0 bridgehead atoms. The number of hydrogen-bond donors (Lipinski definition) is 4. The first-order valence-corrected chi connectivity index (χ1v) is 3.91. The van der Waals surface area contributed by atoms with E-state index in [2.05, 4.69) is 5.32 Å². The van der Waals surface area contributed by atoms with Gasteiger partial charge in [-0.3, -0.25) is 4.79 Å². The average Bonchev–Trinajstić information content (AvgIpc) is 2.01. The zero-order valence-electron chi connectivity index (χ0n) is 8.25. The monoisotopic (exact) mass is 213 g/mol. The third-order valence-electron chi connectivity index (χ3n) is 1.45. The fourth-order valence-electron chi connectivity index (χ4n) is 0.824. The van der Waals surface area contributed by atoms with Gasteiger partial charge in [0, 0.05) is 11.4 Å². The molecule has 3 amide bonds. The van der Waals surface area contributed by atoms with Gasteiger partial charge in [-0.05, 0) is 13.8 Å². The molecule has 0 aromatic heterocycles. The van der Waals surface area contributed by atoms with Crippen LogP contribution in [0.2, 0.25) is 0 Å². The number of carbonyl (C=O) groups is 3. The highest BCUT2D eigenvalue weighted by Gasteiger charge is 2.09. The molecule has 0 aromatic carbocycles. The second kappa shape index (κ2) is 5.53. The summed E-state index contributed by atoms with van der Waals surface area (Å²) in [7, 11) is 0. The summed E-state index contributed by atoms with van der Waals surface area (Å²) >= 11 is 0. The normalized spacial score (nSPS) is 11.1. The molecular formula is C8H11N3O4. The number of aldehydes is 1. The lowest BCUT2D eigenvalue weighted by Gasteiger charge is -2.07. The number of imide groups is 1. The van der Waals surface area contributed by atoms with Crippen LogP contribution >= 0.6 is 0 Å². The zero-order chi connectivity index (χ0) is 12.0. The molecule has 0 heterocycles. The lowest BCUT2D eigenvalue weighted by Crippen LogP contribution is -2.38. The molecule has 7 nitrogen and oxygen atoms in total. The van der Waals surface area contributed by atoms with E-state index in [1.165, 1.54) is 19.2 Å². The van der Waals surface area contributed by atoms with Crippen molar-refractivity contribution in [2.24, 2.45) is 0 Å². The van der Waals surface area contributed by atoms with Crippen LogP contribution in [0.15, 0.2) is 11.3 Å². The Bertz CT molecular complexity index is 346. The first-order chi connectivity index (χ1) is 6.88. The quantitative estimate of drug-likeness (QED) is 0.309. The van der Waals surface area contributed by atoms with Crippen LogP contribution in [0.25, 0.3) is 0 Å². The molecule has 4 N–H and O–H groups in total. The predicted molar refractivity (Wildman–Crippen MR) is 51.9 cm³/mol. The van der Waals surface area contributed by atoms with E-state index in [0.29, 0.717) is 6.29 Å². The van der Waals surface area contributed by atoms with E-state index in [1.807, 2.05) is 0 Å². The second-order valence-electron chi connectivity index (χ2n) is 2.67. The summed E-state index contributed by atoms with van der Waals surface area (Å²) in [6.45, 7) is 2.77. The Balaban J connectivity index is 4.64. The number of nitrogens with one attached hydrogen (secondary N) is 3. The Hall–Kier alpha value is -2.18. The first kappa shape index (κ1) is 12.8. The number of urea groups is 1. The fourth-order valence-corrected chi connectivity index (χ4v) is 0.824. The Kier molecular flexibility index (Phi) is 4.73. The van der Waals surface area contributed by atoms with Gasteiger partial charge in [-0.1, -0.05) is 0 Å². The van der Waals surface area contributed by atoms with E-state index in [1.54, 1.807) is 0 Å². The van der Waals surface area contributed by atoms with Gasteiger partial charge in [0.1, 0.15) is 0 Å². The molecule has 0 aliphatic heterocycles. The Morgan fingerprint density at radius 2 is 1.80 bits per heavy atom. The molecule has 0 aliphatic rings. The number of amides is 3. The fraction of sp³-hybridized carbons (Fsp3) is 0.250. The topological polar surface area (TPSA) is 119 Å². The van der Waals surface area contributed by atoms with Gasteiger partial charge in [-0.2, -0.15) is 0 Å². The van der Waals surface area contributed by atoms with Gasteiger partial charge in [0.05, 0.1) is 5.57 Å². The van der Waals surface area contributed by atoms with Gasteiger partial charge in [0.15, 0.2) is 6.29 Å². The molecule has 0 saturated carbocycles. The summed E-state index contributed by atoms with van der Waals surface area (Å²) < 4.78 is 0. The van der Waals surface area contributed by atoms with E-state index in [4.69, 9.17) is 10.5 Å². The van der Waals surface area contributed by atoms with Crippen molar-refractivity contribution in [2.45, 2.75) is 13.8 Å². The van der Waals surface area contributed by atoms with E-state index < -0.39 is 12.1 Å². The van der Waals surface area contributed by atoms with Crippen LogP contribution in [-0.4, -0.2) is 29.2 Å². The minimum Gasteiger partial charge on any atom is -0.465 e. The van der Waals surface area contributed by atoms with Crippen LogP contribution in [0.5, 0.6) is 0 Å². The summed E-state index contributed by atoms with van der Waals surface area (Å²) in [4.78, 5) is 31.5.